The molecule has 4 aromatic rings. The van der Waals surface area contributed by atoms with Gasteiger partial charge in [-0.25, -0.2) is 4.98 Å². The summed E-state index contributed by atoms with van der Waals surface area (Å²) in [4.78, 5) is 8.79. The molecule has 2 aromatic heterocycles. The molecule has 3 nitrogen and oxygen atoms in total. The van der Waals surface area contributed by atoms with Crippen molar-refractivity contribution < 1.29 is 34.6 Å². The van der Waals surface area contributed by atoms with Crippen LogP contribution in [0.1, 0.15) is 25.1 Å². The third-order valence-electron chi connectivity index (χ3n) is 4.80. The zero-order valence-electron chi connectivity index (χ0n) is 16.8. The molecule has 0 aliphatic heterocycles. The van der Waals surface area contributed by atoms with E-state index in [9.17, 15) is 8.78 Å². The summed E-state index contributed by atoms with van der Waals surface area (Å²) in [5.74, 6) is -0.360. The fourth-order valence-corrected chi connectivity index (χ4v) is 3.09. The fourth-order valence-electron chi connectivity index (χ4n) is 3.09. The summed E-state index contributed by atoms with van der Waals surface area (Å²) in [6, 6.07) is 24.2. The van der Waals surface area contributed by atoms with Gasteiger partial charge in [0.05, 0.1) is 0 Å². The van der Waals surface area contributed by atoms with Crippen molar-refractivity contribution in [3.63, 3.8) is 0 Å². The van der Waals surface area contributed by atoms with Gasteiger partial charge in [0.1, 0.15) is 0 Å². The number of halogens is 2. The first kappa shape index (κ1) is 22.8. The first-order valence-electron chi connectivity index (χ1n) is 9.40. The molecule has 0 fully saturated rings. The SMILES string of the molecule is CC(C)(c1[c-]c(Oc2ccccn2)ccc1)c1cccc(-c2[c-]cc(F)cc2F)n1.[Pt+2]. The number of ether oxygens (including phenoxy) is 1. The Balaban J connectivity index is 0.00000272. The summed E-state index contributed by atoms with van der Waals surface area (Å²) >= 11 is 0. The third kappa shape index (κ3) is 5.05. The maximum atomic E-state index is 14.2. The average molecular weight is 596 g/mol. The van der Waals surface area contributed by atoms with Crippen LogP contribution in [0.5, 0.6) is 11.6 Å². The number of hydrogen-bond acceptors (Lipinski definition) is 3. The molecule has 0 aliphatic rings. The molecule has 158 valence electrons. The Morgan fingerprint density at radius 1 is 0.968 bits per heavy atom. The molecule has 0 aliphatic carbocycles. The minimum absolute atomic E-state index is 0. The van der Waals surface area contributed by atoms with Crippen LogP contribution >= 0.6 is 0 Å². The van der Waals surface area contributed by atoms with Gasteiger partial charge < -0.3 is 9.72 Å². The molecule has 0 spiro atoms. The van der Waals surface area contributed by atoms with Crippen molar-refractivity contribution in [2.75, 3.05) is 0 Å². The van der Waals surface area contributed by atoms with E-state index in [1.54, 1.807) is 30.5 Å². The van der Waals surface area contributed by atoms with Crippen molar-refractivity contribution in [2.45, 2.75) is 19.3 Å². The van der Waals surface area contributed by atoms with Crippen molar-refractivity contribution in [3.8, 4) is 22.9 Å². The summed E-state index contributed by atoms with van der Waals surface area (Å²) in [5, 5.41) is 0. The molecular formula is C25H18F2N2OPt. The molecule has 0 N–H and O–H groups in total. The zero-order chi connectivity index (χ0) is 21.1. The molecule has 6 heteroatoms. The molecule has 2 heterocycles. The monoisotopic (exact) mass is 595 g/mol. The Hall–Kier alpha value is -2.91. The number of benzene rings is 2. The maximum absolute atomic E-state index is 14.2. The predicted octanol–water partition coefficient (Wildman–Crippen LogP) is 6.14. The second kappa shape index (κ2) is 9.48. The van der Waals surface area contributed by atoms with Crippen LogP contribution in [0.3, 0.4) is 0 Å². The van der Waals surface area contributed by atoms with E-state index in [1.165, 1.54) is 0 Å². The normalized spacial score (nSPS) is 11.0. The predicted molar refractivity (Wildman–Crippen MR) is 110 cm³/mol. The summed E-state index contributed by atoms with van der Waals surface area (Å²) < 4.78 is 33.2. The van der Waals surface area contributed by atoms with Gasteiger partial charge >= 0.3 is 21.1 Å². The standard InChI is InChI=1S/C25H18F2N2O.Pt/c1-25(2,17-7-5-8-19(15-17)30-24-11-3-4-14-28-24)23-10-6-9-22(29-23)20-13-12-18(26)16-21(20)27;/h3-12,14,16H,1-2H3;/q-2;+2. The number of pyridine rings is 2. The Kier molecular flexibility index (Phi) is 6.97. The van der Waals surface area contributed by atoms with Crippen molar-refractivity contribution in [1.29, 1.82) is 0 Å². The molecule has 0 atom stereocenters. The minimum Gasteiger partial charge on any atom is -0.466 e. The summed E-state index contributed by atoms with van der Waals surface area (Å²) in [6.07, 6.45) is 1.66. The Labute approximate surface area is 194 Å². The van der Waals surface area contributed by atoms with Gasteiger partial charge in [-0.3, -0.25) is 8.78 Å². The van der Waals surface area contributed by atoms with Crippen LogP contribution < -0.4 is 4.74 Å². The Bertz CT molecular complexity index is 1180. The minimum atomic E-state index is -0.699. The molecule has 0 unspecified atom stereocenters. The van der Waals surface area contributed by atoms with Gasteiger partial charge in [-0.15, -0.1) is 29.8 Å². The third-order valence-corrected chi connectivity index (χ3v) is 4.80. The molecule has 0 saturated heterocycles. The number of hydrogen-bond donors (Lipinski definition) is 0. The van der Waals surface area contributed by atoms with Gasteiger partial charge in [0.2, 0.25) is 5.88 Å². The van der Waals surface area contributed by atoms with E-state index < -0.39 is 17.0 Å². The van der Waals surface area contributed by atoms with Gasteiger partial charge in [0, 0.05) is 40.8 Å². The zero-order valence-corrected chi connectivity index (χ0v) is 19.1. The van der Waals surface area contributed by atoms with Crippen LogP contribution in [0, 0.1) is 23.8 Å². The van der Waals surface area contributed by atoms with E-state index in [1.807, 2.05) is 44.2 Å². The quantitative estimate of drug-likeness (QED) is 0.260. The summed E-state index contributed by atoms with van der Waals surface area (Å²) in [5.41, 5.74) is 1.53. The molecule has 0 saturated carbocycles. The maximum Gasteiger partial charge on any atom is 2.00 e. The van der Waals surface area contributed by atoms with E-state index in [4.69, 9.17) is 4.74 Å². The van der Waals surface area contributed by atoms with Crippen molar-refractivity contribution in [2.24, 2.45) is 0 Å². The van der Waals surface area contributed by atoms with Gasteiger partial charge in [-0.1, -0.05) is 43.7 Å². The van der Waals surface area contributed by atoms with Crippen molar-refractivity contribution >= 4 is 0 Å². The van der Waals surface area contributed by atoms with Crippen molar-refractivity contribution in [1.82, 2.24) is 9.97 Å². The molecule has 31 heavy (non-hydrogen) atoms. The van der Waals surface area contributed by atoms with Crippen LogP contribution in [0.2, 0.25) is 0 Å². The van der Waals surface area contributed by atoms with Gasteiger partial charge in [-0.2, -0.15) is 12.1 Å². The van der Waals surface area contributed by atoms with E-state index in [2.05, 4.69) is 22.1 Å². The van der Waals surface area contributed by atoms with Crippen LogP contribution in [-0.4, -0.2) is 9.97 Å². The van der Waals surface area contributed by atoms with Gasteiger partial charge in [-0.05, 0) is 17.8 Å². The Morgan fingerprint density at radius 3 is 2.52 bits per heavy atom. The van der Waals surface area contributed by atoms with E-state index in [-0.39, 0.29) is 26.6 Å². The van der Waals surface area contributed by atoms with Crippen LogP contribution in [0.25, 0.3) is 11.3 Å². The van der Waals surface area contributed by atoms with Crippen molar-refractivity contribution in [3.05, 3.63) is 108 Å². The Morgan fingerprint density at radius 2 is 1.77 bits per heavy atom. The molecule has 4 rings (SSSR count). The number of rotatable bonds is 5. The fraction of sp³-hybridized carbons (Fsp3) is 0.120. The molecule has 0 amide bonds. The molecule has 0 bridgehead atoms. The van der Waals surface area contributed by atoms with Gasteiger partial charge in [0.25, 0.3) is 0 Å². The second-order valence-corrected chi connectivity index (χ2v) is 7.27. The topological polar surface area (TPSA) is 35.0 Å². The first-order valence-corrected chi connectivity index (χ1v) is 9.40. The van der Waals surface area contributed by atoms with Gasteiger partial charge in [0.15, 0.2) is 0 Å². The largest absolute Gasteiger partial charge is 2.00 e. The molecular weight excluding hydrogens is 577 g/mol. The van der Waals surface area contributed by atoms with E-state index >= 15 is 0 Å². The molecule has 0 radical (unpaired) electrons. The van der Waals surface area contributed by atoms with Crippen LogP contribution in [-0.2, 0) is 26.5 Å². The second-order valence-electron chi connectivity index (χ2n) is 7.27. The summed E-state index contributed by atoms with van der Waals surface area (Å²) in [6.45, 7) is 4.00. The van der Waals surface area contributed by atoms with Crippen LogP contribution in [0.15, 0.2) is 72.9 Å². The summed E-state index contributed by atoms with van der Waals surface area (Å²) in [7, 11) is 0. The van der Waals surface area contributed by atoms with E-state index in [0.717, 1.165) is 17.7 Å². The first-order chi connectivity index (χ1) is 14.4. The number of aromatic nitrogens is 2. The molecule has 2 aromatic carbocycles. The van der Waals surface area contributed by atoms with E-state index in [0.29, 0.717) is 23.0 Å². The van der Waals surface area contributed by atoms with Crippen LogP contribution in [0.4, 0.5) is 8.78 Å². The average Bonchev–Trinajstić information content (AvgIpc) is 2.75. The number of nitrogens with zero attached hydrogens (tertiary/aromatic N) is 2. The smallest absolute Gasteiger partial charge is 0.466 e.